The topological polar surface area (TPSA) is 38.4 Å². The Labute approximate surface area is 590 Å². The summed E-state index contributed by atoms with van der Waals surface area (Å²) in [7, 11) is 0. The fourth-order valence-corrected chi connectivity index (χ4v) is 12.0. The van der Waals surface area contributed by atoms with Gasteiger partial charge in [0.2, 0.25) is 0 Å². The molecule has 98 heavy (non-hydrogen) atoms. The summed E-state index contributed by atoms with van der Waals surface area (Å²) in [6.07, 6.45) is 34.4. The van der Waals surface area contributed by atoms with Crippen molar-refractivity contribution in [3.63, 3.8) is 0 Å². The van der Waals surface area contributed by atoms with Gasteiger partial charge in [-0.25, -0.2) is 4.99 Å². The quantitative estimate of drug-likeness (QED) is 0.102. The average Bonchev–Trinajstić information content (AvgIpc) is 0.823. The molecule has 9 aromatic carbocycles. The fraction of sp³-hybridized carbons (Fsp3) is 0.240. The number of hydrogen-bond donors (Lipinski definition) is 1. The van der Waals surface area contributed by atoms with Gasteiger partial charge in [0.15, 0.2) is 0 Å². The van der Waals surface area contributed by atoms with E-state index in [9.17, 15) is 0 Å². The van der Waals surface area contributed by atoms with Gasteiger partial charge in [0.1, 0.15) is 0 Å². The Morgan fingerprint density at radius 3 is 1.50 bits per heavy atom. The maximum absolute atomic E-state index is 5.52. The number of benzene rings is 9. The molecule has 0 fully saturated rings. The van der Waals surface area contributed by atoms with E-state index in [-0.39, 0.29) is 0 Å². The molecule has 4 aliphatic rings. The fourth-order valence-electron chi connectivity index (χ4n) is 12.0. The molecular formula is C96H106N2. The van der Waals surface area contributed by atoms with Crippen LogP contribution in [0.5, 0.6) is 0 Å². The minimum atomic E-state index is 0.500. The van der Waals surface area contributed by atoms with E-state index in [1.54, 1.807) is 0 Å². The summed E-state index contributed by atoms with van der Waals surface area (Å²) < 4.78 is 0. The Balaban J connectivity index is 0.000000225. The summed E-state index contributed by atoms with van der Waals surface area (Å²) in [6.45, 7) is 30.4. The molecule has 0 bridgehead atoms. The van der Waals surface area contributed by atoms with Crippen LogP contribution in [0.1, 0.15) is 178 Å². The first-order chi connectivity index (χ1) is 47.3. The average molecular weight is 1290 g/mol. The van der Waals surface area contributed by atoms with Crippen molar-refractivity contribution in [3.8, 4) is 22.3 Å². The van der Waals surface area contributed by atoms with Gasteiger partial charge in [-0.1, -0.05) is 270 Å². The highest BCUT2D eigenvalue weighted by atomic mass is 14.8. The highest BCUT2D eigenvalue weighted by Crippen LogP contribution is 2.36. The second-order valence-electron chi connectivity index (χ2n) is 28.0. The Morgan fingerprint density at radius 1 is 0.429 bits per heavy atom. The van der Waals surface area contributed by atoms with Crippen molar-refractivity contribution in [2.45, 2.75) is 147 Å². The van der Waals surface area contributed by atoms with E-state index in [1.165, 1.54) is 131 Å². The van der Waals surface area contributed by atoms with E-state index in [4.69, 9.17) is 10.7 Å². The van der Waals surface area contributed by atoms with Crippen LogP contribution in [0.25, 0.3) is 55.8 Å². The molecule has 0 amide bonds. The zero-order valence-corrected chi connectivity index (χ0v) is 60.9. The van der Waals surface area contributed by atoms with E-state index in [0.29, 0.717) is 5.41 Å². The predicted octanol–water partition coefficient (Wildman–Crippen LogP) is 27.4. The first-order valence-electron chi connectivity index (χ1n) is 35.5. The molecule has 9 aromatic rings. The number of aliphatic imine (C=N–C) groups is 1. The maximum atomic E-state index is 5.52. The van der Waals surface area contributed by atoms with Gasteiger partial charge in [-0.15, -0.1) is 0 Å². The number of aryl methyl sites for hydroxylation is 6. The summed E-state index contributed by atoms with van der Waals surface area (Å²) in [5.41, 5.74) is 37.9. The smallest absolute Gasteiger partial charge is 0.0712 e. The minimum Gasteiger partial charge on any atom is -0.399 e. The Morgan fingerprint density at radius 2 is 0.969 bits per heavy atom. The normalized spacial score (nSPS) is 14.1. The number of nitrogens with two attached hydrogens (primary N) is 1. The van der Waals surface area contributed by atoms with Crippen LogP contribution in [-0.4, -0.2) is 5.71 Å². The van der Waals surface area contributed by atoms with Crippen molar-refractivity contribution in [1.82, 2.24) is 0 Å². The summed E-state index contributed by atoms with van der Waals surface area (Å²) in [4.78, 5) is 5.46. The third kappa shape index (κ3) is 23.7. The van der Waals surface area contributed by atoms with Crippen LogP contribution in [0.3, 0.4) is 0 Å². The van der Waals surface area contributed by atoms with Crippen molar-refractivity contribution in [2.75, 3.05) is 5.73 Å². The largest absolute Gasteiger partial charge is 0.399 e. The third-order valence-electron chi connectivity index (χ3n) is 17.6. The molecule has 0 aliphatic heterocycles. The highest BCUT2D eigenvalue weighted by Gasteiger charge is 2.17. The molecule has 0 saturated carbocycles. The molecule has 0 saturated heterocycles. The number of para-hydroxylation sites is 1. The molecule has 0 heterocycles. The van der Waals surface area contributed by atoms with Crippen molar-refractivity contribution in [2.24, 2.45) is 10.4 Å². The van der Waals surface area contributed by atoms with Crippen molar-refractivity contribution < 1.29 is 0 Å². The first kappa shape index (κ1) is 73.9. The number of anilines is 1. The molecule has 2 heteroatoms. The molecule has 0 unspecified atom stereocenters. The molecule has 0 radical (unpaired) electrons. The lowest BCUT2D eigenvalue weighted by Gasteiger charge is -2.18. The predicted molar refractivity (Wildman–Crippen MR) is 433 cm³/mol. The molecule has 2 N–H and O–H groups in total. The summed E-state index contributed by atoms with van der Waals surface area (Å²) in [5, 5.41) is 0. The van der Waals surface area contributed by atoms with Crippen LogP contribution in [0.4, 0.5) is 5.69 Å². The third-order valence-corrected chi connectivity index (χ3v) is 17.6. The minimum absolute atomic E-state index is 0.500. The SMILES string of the molecule is C=C(N=C(/C=C(\C)c1cc(-c2ccccc2)cc(-c2ccccc2)c1)c1cc(C2=CCCC=C2)cc(C2=CCCCC2)c1)c1cccc(C2=CC=CCC2)c1.CC(C)(C)C.CC1=CCCC=C1c1ccccc1C.Cc1cccc(C)c1.Cc1ccccc1C.Cc1ccccc1N. The highest BCUT2D eigenvalue weighted by molar-refractivity contribution is 6.15. The first-order valence-corrected chi connectivity index (χ1v) is 35.5. The van der Waals surface area contributed by atoms with E-state index >= 15 is 0 Å². The van der Waals surface area contributed by atoms with Crippen LogP contribution in [0.2, 0.25) is 0 Å². The lowest BCUT2D eigenvalue weighted by molar-refractivity contribution is 0.469. The molecule has 4 aliphatic carbocycles. The molecule has 500 valence electrons. The van der Waals surface area contributed by atoms with E-state index in [1.807, 2.05) is 31.2 Å². The number of hydrogen-bond acceptors (Lipinski definition) is 2. The van der Waals surface area contributed by atoms with Gasteiger partial charge in [-0.2, -0.15) is 0 Å². The van der Waals surface area contributed by atoms with Gasteiger partial charge in [0.25, 0.3) is 0 Å². The van der Waals surface area contributed by atoms with Crippen LogP contribution < -0.4 is 5.73 Å². The van der Waals surface area contributed by atoms with Crippen molar-refractivity contribution in [3.05, 3.63) is 364 Å². The zero-order valence-electron chi connectivity index (χ0n) is 60.9. The lowest BCUT2D eigenvalue weighted by atomic mass is 9.88. The molecule has 2 nitrogen and oxygen atoms in total. The number of nitrogen functional groups attached to an aromatic ring is 1. The second kappa shape index (κ2) is 37.6. The summed E-state index contributed by atoms with van der Waals surface area (Å²) >= 11 is 0. The van der Waals surface area contributed by atoms with E-state index < -0.39 is 0 Å². The molecule has 13 rings (SSSR count). The number of rotatable bonds is 11. The van der Waals surface area contributed by atoms with E-state index in [2.05, 4.69) is 338 Å². The summed E-state index contributed by atoms with van der Waals surface area (Å²) in [5.74, 6) is 0. The zero-order chi connectivity index (χ0) is 69.8. The Kier molecular flexibility index (Phi) is 28.3. The maximum Gasteiger partial charge on any atom is 0.0712 e. The van der Waals surface area contributed by atoms with E-state index in [0.717, 1.165) is 77.9 Å². The molecule has 0 atom stereocenters. The standard InChI is InChI=1S/C54H49N.C14H16.2C8H10.C7H9N.C5H12/c1-39(48-33-49(42-21-10-4-11-22-42)35-50(34-48)43-23-12-5-13-24-43)31-54(55-40(2)46-29-18-30-47(32-46)41-19-8-3-9-20-41)53-37-51(44-25-14-6-15-26-44)36-52(38-53)45-27-16-7-17-28-45;1-11-7-3-5-9-13(11)14-10-6-4-8-12(14)2;1-7-4-3-5-8(2)6-7;1-7-5-3-4-6-8(7)2;1-6-4-2-3-5-7(6)8;1-5(2,3)4/h3-5,8,10-14,18-19,21-27,29-38H,2,6-7,9,15-17,20,28H2,1H3;3,5,7-10H,4,6H2,1-2H3;2*3-6H,1-2H3;2-5H,8H2,1H3;1-4H3/b39-31+,55-54?;;;;;. The number of nitrogens with zero attached hydrogens (tertiary/aromatic N) is 1. The molecular weight excluding hydrogens is 1180 g/mol. The van der Waals surface area contributed by atoms with Crippen molar-refractivity contribution in [1.29, 1.82) is 0 Å². The molecule has 0 spiro atoms. The van der Waals surface area contributed by atoms with Gasteiger partial charge in [-0.3, -0.25) is 0 Å². The molecule has 0 aromatic heterocycles. The van der Waals surface area contributed by atoms with Gasteiger partial charge in [0, 0.05) is 16.8 Å². The second-order valence-corrected chi connectivity index (χ2v) is 28.0. The summed E-state index contributed by atoms with van der Waals surface area (Å²) in [6, 6.07) is 77.4. The lowest BCUT2D eigenvalue weighted by Crippen LogP contribution is -2.04. The number of allylic oxidation sites excluding steroid dienone is 16. The Bertz CT molecular complexity index is 4230. The van der Waals surface area contributed by atoms with Gasteiger partial charge in [0.05, 0.1) is 11.4 Å². The van der Waals surface area contributed by atoms with Crippen LogP contribution in [-0.2, 0) is 0 Å². The van der Waals surface area contributed by atoms with Crippen LogP contribution in [0, 0.1) is 47.0 Å². The van der Waals surface area contributed by atoms with Crippen LogP contribution >= 0.6 is 0 Å². The van der Waals surface area contributed by atoms with Gasteiger partial charge in [-0.05, 0) is 285 Å². The van der Waals surface area contributed by atoms with Crippen molar-refractivity contribution >= 4 is 45.0 Å². The Hall–Kier alpha value is -9.89. The van der Waals surface area contributed by atoms with Gasteiger partial charge < -0.3 is 5.73 Å². The van der Waals surface area contributed by atoms with Crippen LogP contribution in [0.15, 0.2) is 296 Å². The van der Waals surface area contributed by atoms with Gasteiger partial charge >= 0.3 is 0 Å². The monoisotopic (exact) mass is 1290 g/mol.